The monoisotopic (exact) mass is 245 g/mol. The molecule has 1 rings (SSSR count). The van der Waals surface area contributed by atoms with Crippen molar-refractivity contribution in [2.24, 2.45) is 11.7 Å². The van der Waals surface area contributed by atoms with Crippen LogP contribution in [0.25, 0.3) is 0 Å². The van der Waals surface area contributed by atoms with Gasteiger partial charge >= 0.3 is 0 Å². The van der Waals surface area contributed by atoms with E-state index in [9.17, 15) is 4.79 Å². The first-order chi connectivity index (χ1) is 6.99. The predicted molar refractivity (Wildman–Crippen MR) is 65.5 cm³/mol. The Balaban J connectivity index is 2.48. The number of carbonyl (C=O) groups is 1. The summed E-state index contributed by atoms with van der Waals surface area (Å²) in [6.45, 7) is 4.13. The van der Waals surface area contributed by atoms with Gasteiger partial charge in [-0.2, -0.15) is 0 Å². The van der Waals surface area contributed by atoms with Gasteiger partial charge in [0, 0.05) is 11.3 Å². The van der Waals surface area contributed by atoms with Crippen molar-refractivity contribution in [2.45, 2.75) is 32.7 Å². The molecule has 2 N–H and O–H groups in total. The van der Waals surface area contributed by atoms with E-state index < -0.39 is 0 Å². The summed E-state index contributed by atoms with van der Waals surface area (Å²) >= 11 is 7.23. The van der Waals surface area contributed by atoms with Crippen molar-refractivity contribution in [1.82, 2.24) is 0 Å². The molecule has 1 aromatic heterocycles. The highest BCUT2D eigenvalue weighted by Crippen LogP contribution is 2.22. The molecular weight excluding hydrogens is 230 g/mol. The van der Waals surface area contributed by atoms with Gasteiger partial charge in [0.2, 0.25) is 0 Å². The number of nitrogens with two attached hydrogens (primary N) is 1. The summed E-state index contributed by atoms with van der Waals surface area (Å²) < 4.78 is 0.718. The van der Waals surface area contributed by atoms with Crippen LogP contribution in [0, 0.1) is 5.92 Å². The van der Waals surface area contributed by atoms with Crippen LogP contribution >= 0.6 is 22.9 Å². The van der Waals surface area contributed by atoms with Crippen LogP contribution in [-0.4, -0.2) is 11.8 Å². The third-order valence-corrected chi connectivity index (χ3v) is 3.35. The maximum Gasteiger partial charge on any atom is 0.154 e. The molecular formula is C11H16ClNOS. The zero-order valence-corrected chi connectivity index (χ0v) is 10.6. The number of rotatable bonds is 5. The minimum absolute atomic E-state index is 0.0993. The molecule has 1 heterocycles. The van der Waals surface area contributed by atoms with Gasteiger partial charge in [-0.3, -0.25) is 4.79 Å². The standard InChI is InChI=1S/C11H16ClNOS/c1-7(2)5-9(13)10(14)6-8-3-4-11(12)15-8/h3-4,7,9H,5-6,13H2,1-2H3. The van der Waals surface area contributed by atoms with E-state index in [2.05, 4.69) is 13.8 Å². The Morgan fingerprint density at radius 3 is 2.67 bits per heavy atom. The lowest BCUT2D eigenvalue weighted by Gasteiger charge is -2.11. The van der Waals surface area contributed by atoms with Crippen molar-refractivity contribution < 1.29 is 4.79 Å². The van der Waals surface area contributed by atoms with Crippen LogP contribution in [0.3, 0.4) is 0 Å². The number of carbonyl (C=O) groups excluding carboxylic acids is 1. The minimum Gasteiger partial charge on any atom is -0.321 e. The maximum absolute atomic E-state index is 11.7. The molecule has 0 saturated heterocycles. The quantitative estimate of drug-likeness (QED) is 0.867. The van der Waals surface area contributed by atoms with Crippen molar-refractivity contribution in [3.8, 4) is 0 Å². The van der Waals surface area contributed by atoms with E-state index in [0.717, 1.165) is 15.6 Å². The first-order valence-corrected chi connectivity index (χ1v) is 6.21. The summed E-state index contributed by atoms with van der Waals surface area (Å²) in [5.41, 5.74) is 5.79. The molecule has 15 heavy (non-hydrogen) atoms. The Hall–Kier alpha value is -0.380. The molecule has 0 bridgehead atoms. The van der Waals surface area contributed by atoms with Crippen LogP contribution < -0.4 is 5.73 Å². The van der Waals surface area contributed by atoms with Gasteiger partial charge in [-0.15, -0.1) is 11.3 Å². The Morgan fingerprint density at radius 2 is 2.20 bits per heavy atom. The third-order valence-electron chi connectivity index (χ3n) is 2.12. The van der Waals surface area contributed by atoms with Crippen molar-refractivity contribution in [3.63, 3.8) is 0 Å². The second-order valence-corrected chi connectivity index (χ2v) is 5.88. The molecule has 2 nitrogen and oxygen atoms in total. The topological polar surface area (TPSA) is 43.1 Å². The molecule has 1 unspecified atom stereocenters. The fourth-order valence-electron chi connectivity index (χ4n) is 1.39. The molecule has 0 amide bonds. The minimum atomic E-state index is -0.342. The summed E-state index contributed by atoms with van der Waals surface area (Å²) in [5, 5.41) is 0. The average Bonchev–Trinajstić information content (AvgIpc) is 2.50. The number of hydrogen-bond acceptors (Lipinski definition) is 3. The number of hydrogen-bond donors (Lipinski definition) is 1. The number of thiophene rings is 1. The second-order valence-electron chi connectivity index (χ2n) is 4.08. The summed E-state index contributed by atoms with van der Waals surface area (Å²) in [6.07, 6.45) is 1.16. The Morgan fingerprint density at radius 1 is 1.53 bits per heavy atom. The highest BCUT2D eigenvalue weighted by atomic mass is 35.5. The van der Waals surface area contributed by atoms with Crippen LogP contribution in [0.1, 0.15) is 25.1 Å². The molecule has 4 heteroatoms. The molecule has 0 aliphatic rings. The molecule has 0 aromatic carbocycles. The molecule has 0 aliphatic heterocycles. The van der Waals surface area contributed by atoms with Crippen molar-refractivity contribution in [3.05, 3.63) is 21.3 Å². The van der Waals surface area contributed by atoms with Crippen LogP contribution in [-0.2, 0) is 11.2 Å². The third kappa shape index (κ3) is 4.33. The lowest BCUT2D eigenvalue weighted by molar-refractivity contribution is -0.119. The molecule has 0 fully saturated rings. The van der Waals surface area contributed by atoms with Crippen LogP contribution in [0.5, 0.6) is 0 Å². The van der Waals surface area contributed by atoms with E-state index in [1.54, 1.807) is 0 Å². The van der Waals surface area contributed by atoms with E-state index in [4.69, 9.17) is 17.3 Å². The van der Waals surface area contributed by atoms with Gasteiger partial charge < -0.3 is 5.73 Å². The summed E-state index contributed by atoms with van der Waals surface area (Å²) in [5.74, 6) is 0.554. The molecule has 0 spiro atoms. The Kier molecular flexibility index (Phi) is 4.77. The predicted octanol–water partition coefficient (Wildman–Crippen LogP) is 2.89. The molecule has 84 valence electrons. The zero-order chi connectivity index (χ0) is 11.4. The number of halogens is 1. The van der Waals surface area contributed by atoms with Crippen LogP contribution in [0.15, 0.2) is 12.1 Å². The van der Waals surface area contributed by atoms with Gasteiger partial charge in [-0.1, -0.05) is 25.4 Å². The van der Waals surface area contributed by atoms with Crippen molar-refractivity contribution in [2.75, 3.05) is 0 Å². The van der Waals surface area contributed by atoms with E-state index in [1.807, 2.05) is 12.1 Å². The van der Waals surface area contributed by atoms with Crippen LogP contribution in [0.2, 0.25) is 4.34 Å². The fourth-order valence-corrected chi connectivity index (χ4v) is 2.49. The van der Waals surface area contributed by atoms with E-state index in [-0.39, 0.29) is 11.8 Å². The first kappa shape index (κ1) is 12.7. The summed E-state index contributed by atoms with van der Waals surface area (Å²) in [7, 11) is 0. The van der Waals surface area contributed by atoms with Crippen LogP contribution in [0.4, 0.5) is 0 Å². The smallest absolute Gasteiger partial charge is 0.154 e. The fraction of sp³-hybridized carbons (Fsp3) is 0.545. The second kappa shape index (κ2) is 5.64. The van der Waals surface area contributed by atoms with Gasteiger partial charge in [0.05, 0.1) is 10.4 Å². The van der Waals surface area contributed by atoms with E-state index >= 15 is 0 Å². The van der Waals surface area contributed by atoms with Gasteiger partial charge in [0.15, 0.2) is 5.78 Å². The van der Waals surface area contributed by atoms with E-state index in [0.29, 0.717) is 12.3 Å². The Bertz CT molecular complexity index is 335. The normalized spacial score (nSPS) is 13.1. The summed E-state index contributed by atoms with van der Waals surface area (Å²) in [4.78, 5) is 12.7. The molecule has 1 atom stereocenters. The number of Topliss-reactive ketones (excluding diaryl/α,β-unsaturated/α-hetero) is 1. The maximum atomic E-state index is 11.7. The SMILES string of the molecule is CC(C)CC(N)C(=O)Cc1ccc(Cl)s1. The van der Waals surface area contributed by atoms with Crippen molar-refractivity contribution >= 4 is 28.7 Å². The lowest BCUT2D eigenvalue weighted by Crippen LogP contribution is -2.32. The van der Waals surface area contributed by atoms with Gasteiger partial charge in [0.1, 0.15) is 0 Å². The first-order valence-electron chi connectivity index (χ1n) is 5.01. The van der Waals surface area contributed by atoms with Gasteiger partial charge in [0.25, 0.3) is 0 Å². The average molecular weight is 246 g/mol. The lowest BCUT2D eigenvalue weighted by atomic mass is 9.99. The van der Waals surface area contributed by atoms with Gasteiger partial charge in [-0.05, 0) is 24.5 Å². The highest BCUT2D eigenvalue weighted by Gasteiger charge is 2.15. The number of ketones is 1. The van der Waals surface area contributed by atoms with Gasteiger partial charge in [-0.25, -0.2) is 0 Å². The zero-order valence-electron chi connectivity index (χ0n) is 9.00. The van der Waals surface area contributed by atoms with E-state index in [1.165, 1.54) is 11.3 Å². The van der Waals surface area contributed by atoms with Crippen molar-refractivity contribution in [1.29, 1.82) is 0 Å². The molecule has 0 saturated carbocycles. The Labute approximate surface area is 99.4 Å². The largest absolute Gasteiger partial charge is 0.321 e. The highest BCUT2D eigenvalue weighted by molar-refractivity contribution is 7.16. The summed E-state index contributed by atoms with van der Waals surface area (Å²) in [6, 6.07) is 3.35. The molecule has 0 aliphatic carbocycles. The molecule has 1 aromatic rings. The molecule has 0 radical (unpaired) electrons.